The molecule has 1 aliphatic carbocycles. The molecule has 0 saturated heterocycles. The largest absolute Gasteiger partial charge is 0.492 e. The van der Waals surface area contributed by atoms with Gasteiger partial charge in [0.15, 0.2) is 0 Å². The van der Waals surface area contributed by atoms with Gasteiger partial charge in [0, 0.05) is 24.7 Å². The number of anilines is 2. The van der Waals surface area contributed by atoms with Crippen LogP contribution in [0.4, 0.5) is 11.8 Å². The van der Waals surface area contributed by atoms with Crippen LogP contribution >= 0.6 is 0 Å². The quantitative estimate of drug-likeness (QED) is 0.312. The van der Waals surface area contributed by atoms with Gasteiger partial charge in [0.25, 0.3) is 0 Å². The zero-order valence-electron chi connectivity index (χ0n) is 21.1. The second-order valence-corrected chi connectivity index (χ2v) is 9.44. The number of aryl methyl sites for hydroxylation is 1. The van der Waals surface area contributed by atoms with Gasteiger partial charge in [-0.1, -0.05) is 67.8 Å². The minimum atomic E-state index is -0.482. The summed E-state index contributed by atoms with van der Waals surface area (Å²) in [6.45, 7) is 3.65. The number of nitrogens with one attached hydrogen (secondary N) is 3. The Hall–Kier alpha value is -3.61. The second-order valence-electron chi connectivity index (χ2n) is 9.44. The van der Waals surface area contributed by atoms with Crippen molar-refractivity contribution >= 4 is 17.7 Å². The van der Waals surface area contributed by atoms with E-state index < -0.39 is 6.04 Å². The van der Waals surface area contributed by atoms with Crippen LogP contribution in [0.1, 0.15) is 43.4 Å². The predicted octanol–water partition coefficient (Wildman–Crippen LogP) is 5.00. The van der Waals surface area contributed by atoms with Crippen LogP contribution in [0.5, 0.6) is 5.75 Å². The van der Waals surface area contributed by atoms with E-state index in [4.69, 9.17) is 4.74 Å². The molecule has 1 atom stereocenters. The third-order valence-corrected chi connectivity index (χ3v) is 6.46. The van der Waals surface area contributed by atoms with Gasteiger partial charge in [0.1, 0.15) is 24.2 Å². The molecule has 1 fully saturated rings. The van der Waals surface area contributed by atoms with E-state index in [9.17, 15) is 4.79 Å². The van der Waals surface area contributed by atoms with Crippen LogP contribution in [0.3, 0.4) is 0 Å². The first-order valence-corrected chi connectivity index (χ1v) is 13.0. The number of amides is 1. The van der Waals surface area contributed by atoms with Gasteiger partial charge < -0.3 is 20.7 Å². The Morgan fingerprint density at radius 2 is 1.72 bits per heavy atom. The summed E-state index contributed by atoms with van der Waals surface area (Å²) < 4.78 is 5.72. The molecule has 1 aromatic heterocycles. The zero-order chi connectivity index (χ0) is 25.0. The number of para-hydroxylation sites is 1. The van der Waals surface area contributed by atoms with Crippen molar-refractivity contribution < 1.29 is 9.53 Å². The molecule has 1 heterocycles. The molecular weight excluding hydrogens is 450 g/mol. The Bertz CT molecular complexity index is 1070. The van der Waals surface area contributed by atoms with Crippen molar-refractivity contribution in [2.45, 2.75) is 51.5 Å². The molecule has 3 N–H and O–H groups in total. The Balaban J connectivity index is 1.38. The summed E-state index contributed by atoms with van der Waals surface area (Å²) in [4.78, 5) is 22.4. The van der Waals surface area contributed by atoms with Crippen molar-refractivity contribution in [3.63, 3.8) is 0 Å². The van der Waals surface area contributed by atoms with Crippen molar-refractivity contribution in [1.29, 1.82) is 0 Å². The minimum Gasteiger partial charge on any atom is -0.492 e. The fourth-order valence-corrected chi connectivity index (χ4v) is 4.57. The molecule has 1 saturated carbocycles. The molecule has 2 aromatic carbocycles. The molecule has 7 heteroatoms. The summed E-state index contributed by atoms with van der Waals surface area (Å²) in [6, 6.07) is 21.0. The summed E-state index contributed by atoms with van der Waals surface area (Å²) in [7, 11) is 0. The molecule has 0 aliphatic heterocycles. The molecule has 7 nitrogen and oxygen atoms in total. The van der Waals surface area contributed by atoms with E-state index in [1.807, 2.05) is 73.7 Å². The number of carbonyl (C=O) groups is 1. The highest BCUT2D eigenvalue weighted by Crippen LogP contribution is 2.24. The van der Waals surface area contributed by atoms with Gasteiger partial charge in [0.05, 0.1) is 6.54 Å². The lowest BCUT2D eigenvalue weighted by atomic mass is 9.89. The summed E-state index contributed by atoms with van der Waals surface area (Å²) in [6.07, 6.45) is 7.02. The lowest BCUT2D eigenvalue weighted by Gasteiger charge is -2.22. The zero-order valence-corrected chi connectivity index (χ0v) is 21.1. The van der Waals surface area contributed by atoms with E-state index >= 15 is 0 Å². The first-order valence-electron chi connectivity index (χ1n) is 13.0. The second kappa shape index (κ2) is 13.5. The summed E-state index contributed by atoms with van der Waals surface area (Å²) >= 11 is 0. The van der Waals surface area contributed by atoms with Crippen molar-refractivity contribution in [3.05, 3.63) is 78.0 Å². The lowest BCUT2D eigenvalue weighted by molar-refractivity contribution is -0.121. The van der Waals surface area contributed by atoms with E-state index in [1.54, 1.807) is 0 Å². The normalized spacial score (nSPS) is 14.6. The van der Waals surface area contributed by atoms with Crippen LogP contribution in [-0.2, 0) is 11.2 Å². The van der Waals surface area contributed by atoms with Crippen LogP contribution in [0, 0.1) is 12.8 Å². The molecule has 1 aliphatic rings. The molecule has 0 spiro atoms. The molecule has 190 valence electrons. The molecule has 0 radical (unpaired) electrons. The van der Waals surface area contributed by atoms with Crippen molar-refractivity contribution in [2.75, 3.05) is 30.3 Å². The van der Waals surface area contributed by atoms with Crippen LogP contribution in [-0.4, -0.2) is 41.6 Å². The van der Waals surface area contributed by atoms with E-state index in [-0.39, 0.29) is 5.91 Å². The van der Waals surface area contributed by atoms with Gasteiger partial charge in [-0.05, 0) is 43.4 Å². The topological polar surface area (TPSA) is 88.2 Å². The molecular formula is C29H37N5O2. The van der Waals surface area contributed by atoms with Gasteiger partial charge >= 0.3 is 0 Å². The molecule has 0 bridgehead atoms. The van der Waals surface area contributed by atoms with Crippen LogP contribution < -0.4 is 20.7 Å². The van der Waals surface area contributed by atoms with E-state index in [0.717, 1.165) is 23.6 Å². The van der Waals surface area contributed by atoms with Crippen molar-refractivity contribution in [3.8, 4) is 5.75 Å². The van der Waals surface area contributed by atoms with Crippen LogP contribution in [0.2, 0.25) is 0 Å². The number of nitrogens with zero attached hydrogens (tertiary/aromatic N) is 2. The fourth-order valence-electron chi connectivity index (χ4n) is 4.57. The van der Waals surface area contributed by atoms with Gasteiger partial charge in [-0.25, -0.2) is 4.98 Å². The Labute approximate surface area is 214 Å². The van der Waals surface area contributed by atoms with Gasteiger partial charge in [-0.2, -0.15) is 4.98 Å². The minimum absolute atomic E-state index is 0.0940. The maximum atomic E-state index is 13.2. The van der Waals surface area contributed by atoms with E-state index in [1.165, 1.54) is 32.1 Å². The van der Waals surface area contributed by atoms with Crippen molar-refractivity contribution in [1.82, 2.24) is 15.3 Å². The van der Waals surface area contributed by atoms with Crippen molar-refractivity contribution in [2.24, 2.45) is 5.92 Å². The molecule has 3 aromatic rings. The highest BCUT2D eigenvalue weighted by Gasteiger charge is 2.20. The van der Waals surface area contributed by atoms with Gasteiger partial charge in [-0.15, -0.1) is 0 Å². The number of carbonyl (C=O) groups excluding carboxylic acids is 1. The van der Waals surface area contributed by atoms with Crippen LogP contribution in [0.25, 0.3) is 0 Å². The van der Waals surface area contributed by atoms with E-state index in [0.29, 0.717) is 37.3 Å². The Morgan fingerprint density at radius 3 is 2.47 bits per heavy atom. The molecule has 4 rings (SSSR count). The third-order valence-electron chi connectivity index (χ3n) is 6.46. The van der Waals surface area contributed by atoms with Gasteiger partial charge in [-0.3, -0.25) is 4.79 Å². The number of ether oxygens (including phenoxy) is 1. The highest BCUT2D eigenvalue weighted by atomic mass is 16.5. The highest BCUT2D eigenvalue weighted by molar-refractivity contribution is 5.84. The maximum absolute atomic E-state index is 13.2. The number of rotatable bonds is 12. The number of benzene rings is 2. The molecule has 36 heavy (non-hydrogen) atoms. The number of hydrogen-bond acceptors (Lipinski definition) is 6. The predicted molar refractivity (Wildman–Crippen MR) is 144 cm³/mol. The van der Waals surface area contributed by atoms with E-state index in [2.05, 4.69) is 25.9 Å². The SMILES string of the molecule is Cc1cc(N[C@@H](Cc2ccccc2)C(=O)NCCOc2ccccc2)nc(NCC2CCCCC2)n1. The summed E-state index contributed by atoms with van der Waals surface area (Å²) in [5, 5.41) is 9.79. The first kappa shape index (κ1) is 25.5. The first-order chi connectivity index (χ1) is 17.7. The standard InChI is InChI=1S/C29H37N5O2/c1-22-19-27(34-29(32-22)31-21-24-13-7-3-8-14-24)33-26(20-23-11-5-2-6-12-23)28(35)30-17-18-36-25-15-9-4-10-16-25/h2,4-6,9-12,15-16,19,24,26H,3,7-8,13-14,17-18,20-21H2,1H3,(H,30,35)(H2,31,32,33,34)/t26-/m0/s1. The smallest absolute Gasteiger partial charge is 0.243 e. The maximum Gasteiger partial charge on any atom is 0.243 e. The fraction of sp³-hybridized carbons (Fsp3) is 0.414. The molecule has 1 amide bonds. The third kappa shape index (κ3) is 8.26. The molecule has 0 unspecified atom stereocenters. The average molecular weight is 488 g/mol. The Morgan fingerprint density at radius 1 is 1.00 bits per heavy atom. The monoisotopic (exact) mass is 487 g/mol. The van der Waals surface area contributed by atoms with Crippen LogP contribution in [0.15, 0.2) is 66.7 Å². The Kier molecular flexibility index (Phi) is 9.54. The lowest BCUT2D eigenvalue weighted by Crippen LogP contribution is -2.42. The average Bonchev–Trinajstić information content (AvgIpc) is 2.91. The number of hydrogen-bond donors (Lipinski definition) is 3. The summed E-state index contributed by atoms with van der Waals surface area (Å²) in [5.74, 6) is 2.62. The summed E-state index contributed by atoms with van der Waals surface area (Å²) in [5.41, 5.74) is 1.93. The number of aromatic nitrogens is 2. The van der Waals surface area contributed by atoms with Gasteiger partial charge in [0.2, 0.25) is 11.9 Å².